The second kappa shape index (κ2) is 11.3. The van der Waals surface area contributed by atoms with Gasteiger partial charge in [0.25, 0.3) is 0 Å². The number of hydrogen-bond donors (Lipinski definition) is 3. The van der Waals surface area contributed by atoms with Crippen LogP contribution in [0.25, 0.3) is 0 Å². The minimum absolute atomic E-state index is 0.0686. The molecule has 6 nitrogen and oxygen atoms in total. The fraction of sp³-hybridized carbons (Fsp3) is 0.143. The second-order valence-corrected chi connectivity index (χ2v) is 10.1. The van der Waals surface area contributed by atoms with Crippen LogP contribution in [-0.2, 0) is 36.1 Å². The van der Waals surface area contributed by atoms with Crippen molar-refractivity contribution in [3.05, 3.63) is 131 Å². The fourth-order valence-electron chi connectivity index (χ4n) is 4.05. The van der Waals surface area contributed by atoms with Gasteiger partial charge in [-0.25, -0.2) is 18.6 Å². The Bertz CT molecular complexity index is 1350. The molecule has 0 saturated carbocycles. The molecule has 0 bridgehead atoms. The molecule has 0 amide bonds. The van der Waals surface area contributed by atoms with Crippen LogP contribution < -0.4 is 16.3 Å². The number of nitrogen functional groups attached to an aromatic ring is 1. The van der Waals surface area contributed by atoms with Crippen LogP contribution in [0.5, 0.6) is 0 Å². The quantitative estimate of drug-likeness (QED) is 0.230. The Kier molecular flexibility index (Phi) is 7.94. The molecule has 4 rings (SSSR count). The number of hydrogen-bond acceptors (Lipinski definition) is 5. The minimum Gasteiger partial charge on any atom is -0.398 e. The molecule has 0 aliphatic carbocycles. The molecule has 0 unspecified atom stereocenters. The number of primary sulfonamides is 1. The third-order valence-electron chi connectivity index (χ3n) is 5.77. The van der Waals surface area contributed by atoms with Crippen LogP contribution >= 0.6 is 0 Å². The van der Waals surface area contributed by atoms with Crippen LogP contribution in [-0.4, -0.2) is 13.4 Å². The van der Waals surface area contributed by atoms with Gasteiger partial charge in [0.05, 0.1) is 4.90 Å². The Hall–Kier alpha value is -3.49. The lowest BCUT2D eigenvalue weighted by Crippen LogP contribution is -2.36. The van der Waals surface area contributed by atoms with E-state index in [9.17, 15) is 8.42 Å². The summed E-state index contributed by atoms with van der Waals surface area (Å²) in [6, 6.07) is 33.3. The van der Waals surface area contributed by atoms with Crippen LogP contribution in [0.3, 0.4) is 0 Å². The number of rotatable bonds is 10. The highest BCUT2D eigenvalue weighted by Gasteiger charge is 2.19. The number of sulfonamides is 1. The summed E-state index contributed by atoms with van der Waals surface area (Å²) < 4.78 is 25.1. The summed E-state index contributed by atoms with van der Waals surface area (Å²) in [4.78, 5) is 0.0686. The lowest BCUT2D eigenvalue weighted by Gasteiger charge is -2.25. The molecule has 0 fully saturated rings. The van der Waals surface area contributed by atoms with E-state index in [1.807, 2.05) is 72.8 Å². The van der Waals surface area contributed by atoms with Gasteiger partial charge in [-0.05, 0) is 39.9 Å². The second-order valence-electron chi connectivity index (χ2n) is 8.53. The molecule has 0 aromatic heterocycles. The van der Waals surface area contributed by atoms with Crippen LogP contribution in [0.1, 0.15) is 27.8 Å². The molecule has 180 valence electrons. The van der Waals surface area contributed by atoms with E-state index < -0.39 is 10.0 Å². The Morgan fingerprint density at radius 2 is 1.20 bits per heavy atom. The van der Waals surface area contributed by atoms with E-state index >= 15 is 0 Å². The Labute approximate surface area is 207 Å². The third-order valence-corrected chi connectivity index (χ3v) is 6.75. The van der Waals surface area contributed by atoms with Crippen LogP contribution in [0.15, 0.2) is 108 Å². The van der Waals surface area contributed by atoms with E-state index in [0.29, 0.717) is 37.3 Å². The highest BCUT2D eigenvalue weighted by molar-refractivity contribution is 7.89. The molecule has 35 heavy (non-hydrogen) atoms. The average molecular weight is 487 g/mol. The molecule has 4 aromatic rings. The molecule has 0 atom stereocenters. The molecule has 0 radical (unpaired) electrons. The number of anilines is 1. The topological polar surface area (TPSA) is 101 Å². The van der Waals surface area contributed by atoms with Crippen molar-refractivity contribution in [2.24, 2.45) is 5.14 Å². The van der Waals surface area contributed by atoms with E-state index in [1.165, 1.54) is 0 Å². The standard InChI is InChI=1S/C28H30N4O2S/c29-27-17-25(18-28(35(30,33)34)26(27)16-22-10-4-1-5-11-22)21-32(20-24-14-8-3-9-15-24)31-19-23-12-6-2-7-13-23/h1-15,17-18,31H,16,19-21,29H2,(H2,30,33,34). The van der Waals surface area contributed by atoms with Crippen LogP contribution in [0.4, 0.5) is 5.69 Å². The number of benzene rings is 4. The largest absolute Gasteiger partial charge is 0.398 e. The van der Waals surface area contributed by atoms with Crippen molar-refractivity contribution < 1.29 is 8.42 Å². The van der Waals surface area contributed by atoms with Gasteiger partial charge in [0, 0.05) is 31.7 Å². The monoisotopic (exact) mass is 486 g/mol. The predicted octanol–water partition coefficient (Wildman–Crippen LogP) is 4.21. The van der Waals surface area contributed by atoms with E-state index in [1.54, 1.807) is 6.07 Å². The van der Waals surface area contributed by atoms with Crippen molar-refractivity contribution in [3.63, 3.8) is 0 Å². The first-order valence-corrected chi connectivity index (χ1v) is 13.0. The van der Waals surface area contributed by atoms with Gasteiger partial charge in [-0.2, -0.15) is 0 Å². The molecule has 5 N–H and O–H groups in total. The van der Waals surface area contributed by atoms with Crippen LogP contribution in [0.2, 0.25) is 0 Å². The van der Waals surface area contributed by atoms with Crippen molar-refractivity contribution in [1.82, 2.24) is 10.4 Å². The first kappa shape index (κ1) is 24.6. The molecule has 0 aliphatic heterocycles. The lowest BCUT2D eigenvalue weighted by atomic mass is 10.0. The molecule has 7 heteroatoms. The van der Waals surface area contributed by atoms with E-state index in [2.05, 4.69) is 34.7 Å². The zero-order valence-corrected chi connectivity index (χ0v) is 20.3. The average Bonchev–Trinajstić information content (AvgIpc) is 2.85. The van der Waals surface area contributed by atoms with Gasteiger partial charge in [-0.15, -0.1) is 0 Å². The molecule has 0 spiro atoms. The zero-order chi connectivity index (χ0) is 24.7. The Morgan fingerprint density at radius 1 is 0.686 bits per heavy atom. The highest BCUT2D eigenvalue weighted by Crippen LogP contribution is 2.27. The first-order chi connectivity index (χ1) is 16.9. The Balaban J connectivity index is 1.62. The summed E-state index contributed by atoms with van der Waals surface area (Å²) in [6.07, 6.45) is 0.388. The lowest BCUT2D eigenvalue weighted by molar-refractivity contribution is 0.164. The van der Waals surface area contributed by atoms with Gasteiger partial charge in [0.2, 0.25) is 10.0 Å². The van der Waals surface area contributed by atoms with Crippen molar-refractivity contribution >= 4 is 15.7 Å². The number of nitrogens with zero attached hydrogens (tertiary/aromatic N) is 1. The van der Waals surface area contributed by atoms with E-state index in [0.717, 1.165) is 22.3 Å². The SMILES string of the molecule is Nc1cc(CN(Cc2ccccc2)NCc2ccccc2)cc(S(N)(=O)=O)c1Cc1ccccc1. The maximum atomic E-state index is 12.5. The normalized spacial score (nSPS) is 11.6. The highest BCUT2D eigenvalue weighted by atomic mass is 32.2. The molecular weight excluding hydrogens is 456 g/mol. The van der Waals surface area contributed by atoms with Gasteiger partial charge >= 0.3 is 0 Å². The van der Waals surface area contributed by atoms with Crippen LogP contribution in [0, 0.1) is 0 Å². The maximum Gasteiger partial charge on any atom is 0.238 e. The van der Waals surface area contributed by atoms with Gasteiger partial charge in [0.15, 0.2) is 0 Å². The van der Waals surface area contributed by atoms with Crippen molar-refractivity contribution in [1.29, 1.82) is 0 Å². The van der Waals surface area contributed by atoms with Gasteiger partial charge < -0.3 is 5.73 Å². The van der Waals surface area contributed by atoms with Gasteiger partial charge in [0.1, 0.15) is 0 Å². The molecule has 0 saturated heterocycles. The van der Waals surface area contributed by atoms with Crippen molar-refractivity contribution in [2.45, 2.75) is 31.0 Å². The summed E-state index contributed by atoms with van der Waals surface area (Å²) in [5.74, 6) is 0. The van der Waals surface area contributed by atoms with Gasteiger partial charge in [-0.3, -0.25) is 5.43 Å². The maximum absolute atomic E-state index is 12.5. The third kappa shape index (κ3) is 7.00. The summed E-state index contributed by atoms with van der Waals surface area (Å²) in [5.41, 5.74) is 14.8. The Morgan fingerprint density at radius 3 is 1.77 bits per heavy atom. The zero-order valence-electron chi connectivity index (χ0n) is 19.5. The first-order valence-electron chi connectivity index (χ1n) is 11.4. The molecular formula is C28H30N4O2S. The summed E-state index contributed by atoms with van der Waals surface area (Å²) in [7, 11) is -3.97. The molecule has 0 aliphatic rings. The van der Waals surface area contributed by atoms with Gasteiger partial charge in [-0.1, -0.05) is 91.0 Å². The summed E-state index contributed by atoms with van der Waals surface area (Å²) in [5, 5.41) is 7.68. The fourth-order valence-corrected chi connectivity index (χ4v) is 4.90. The summed E-state index contributed by atoms with van der Waals surface area (Å²) >= 11 is 0. The minimum atomic E-state index is -3.97. The molecule has 0 heterocycles. The van der Waals surface area contributed by atoms with Crippen molar-refractivity contribution in [3.8, 4) is 0 Å². The number of hydrazine groups is 1. The van der Waals surface area contributed by atoms with Crippen molar-refractivity contribution in [2.75, 3.05) is 5.73 Å². The number of nitrogens with one attached hydrogen (secondary N) is 1. The smallest absolute Gasteiger partial charge is 0.238 e. The summed E-state index contributed by atoms with van der Waals surface area (Å²) in [6.45, 7) is 1.71. The predicted molar refractivity (Wildman–Crippen MR) is 140 cm³/mol. The van der Waals surface area contributed by atoms with E-state index in [-0.39, 0.29) is 4.90 Å². The number of nitrogens with two attached hydrogens (primary N) is 2. The molecule has 4 aromatic carbocycles. The van der Waals surface area contributed by atoms with E-state index in [4.69, 9.17) is 10.9 Å².